The molecule has 0 bridgehead atoms. The average Bonchev–Trinajstić information content (AvgIpc) is 2.18. The Morgan fingerprint density at radius 3 is 2.81 bits per heavy atom. The Bertz CT molecular complexity index is 385. The predicted molar refractivity (Wildman–Crippen MR) is 68.9 cm³/mol. The first-order valence-corrected chi connectivity index (χ1v) is 6.68. The number of ether oxygens (including phenoxy) is 1. The van der Waals surface area contributed by atoms with Crippen LogP contribution in [-0.2, 0) is 4.74 Å². The number of halogens is 2. The van der Waals surface area contributed by atoms with Crippen LogP contribution in [0.2, 0.25) is 10.0 Å². The monoisotopic (exact) mass is 278 g/mol. The number of nitrogens with zero attached hydrogens (tertiary/aromatic N) is 1. The van der Waals surface area contributed by atoms with Crippen molar-refractivity contribution in [3.05, 3.63) is 16.1 Å². The molecule has 1 fully saturated rings. The Kier molecular flexibility index (Phi) is 4.19. The van der Waals surface area contributed by atoms with E-state index in [-0.39, 0.29) is 0 Å². The predicted octanol–water partition coefficient (Wildman–Crippen LogP) is 3.31. The van der Waals surface area contributed by atoms with Crippen molar-refractivity contribution in [3.63, 3.8) is 0 Å². The van der Waals surface area contributed by atoms with Crippen LogP contribution >= 0.6 is 35.0 Å². The molecule has 0 unspecified atom stereocenters. The Labute approximate surface area is 109 Å². The molecule has 88 valence electrons. The molecule has 1 N–H and O–H groups in total. The van der Waals surface area contributed by atoms with Gasteiger partial charge in [-0.1, -0.05) is 35.0 Å². The zero-order valence-corrected chi connectivity index (χ0v) is 11.1. The second-order valence-corrected chi connectivity index (χ2v) is 5.52. The van der Waals surface area contributed by atoms with E-state index in [0.717, 1.165) is 24.8 Å². The maximum absolute atomic E-state index is 6.09. The van der Waals surface area contributed by atoms with E-state index < -0.39 is 0 Å². The molecule has 2 rings (SSSR count). The van der Waals surface area contributed by atoms with Crippen LogP contribution in [0, 0.1) is 0 Å². The summed E-state index contributed by atoms with van der Waals surface area (Å²) in [6, 6.07) is 1.73. The summed E-state index contributed by atoms with van der Waals surface area (Å²) in [5.41, 5.74) is 0. The van der Waals surface area contributed by atoms with Gasteiger partial charge in [0.2, 0.25) is 0 Å². The zero-order valence-electron chi connectivity index (χ0n) is 8.80. The lowest BCUT2D eigenvalue weighted by molar-refractivity contribution is 0.0455. The van der Waals surface area contributed by atoms with Crippen molar-refractivity contribution in [2.45, 2.75) is 17.2 Å². The second-order valence-electron chi connectivity index (χ2n) is 3.41. The van der Waals surface area contributed by atoms with Gasteiger partial charge in [-0.2, -0.15) is 0 Å². The van der Waals surface area contributed by atoms with Crippen molar-refractivity contribution in [1.82, 2.24) is 4.98 Å². The van der Waals surface area contributed by atoms with Crippen molar-refractivity contribution in [1.29, 1.82) is 0 Å². The van der Waals surface area contributed by atoms with Gasteiger partial charge in [-0.3, -0.25) is 0 Å². The molecule has 0 aromatic carbocycles. The molecule has 16 heavy (non-hydrogen) atoms. The van der Waals surface area contributed by atoms with Gasteiger partial charge in [-0.25, -0.2) is 4.98 Å². The van der Waals surface area contributed by atoms with Gasteiger partial charge in [-0.15, -0.1) is 0 Å². The molecule has 0 aliphatic carbocycles. The van der Waals surface area contributed by atoms with Crippen molar-refractivity contribution in [3.8, 4) is 0 Å². The van der Waals surface area contributed by atoms with E-state index >= 15 is 0 Å². The molecule has 1 aromatic heterocycles. The summed E-state index contributed by atoms with van der Waals surface area (Å²) >= 11 is 13.8. The van der Waals surface area contributed by atoms with Crippen LogP contribution in [-0.4, -0.2) is 30.0 Å². The van der Waals surface area contributed by atoms with E-state index in [2.05, 4.69) is 10.3 Å². The summed E-state index contributed by atoms with van der Waals surface area (Å²) in [5.74, 6) is 0.691. The molecule has 0 amide bonds. The van der Waals surface area contributed by atoms with Crippen LogP contribution in [0.3, 0.4) is 0 Å². The number of hydrogen-bond donors (Lipinski definition) is 1. The lowest BCUT2D eigenvalue weighted by atomic mass is 10.4. The highest BCUT2D eigenvalue weighted by Crippen LogP contribution is 2.35. The number of anilines is 1. The van der Waals surface area contributed by atoms with Gasteiger partial charge in [-0.05, 0) is 13.0 Å². The van der Waals surface area contributed by atoms with Crippen molar-refractivity contribution in [2.75, 3.05) is 25.1 Å². The Hall–Kier alpha value is -0.160. The molecule has 0 saturated carbocycles. The van der Waals surface area contributed by atoms with Gasteiger partial charge in [0.15, 0.2) is 0 Å². The van der Waals surface area contributed by atoms with Gasteiger partial charge in [0.05, 0.1) is 28.5 Å². The topological polar surface area (TPSA) is 34.2 Å². The SMILES string of the molecule is CCNc1nc(SC2COC2)c(Cl)cc1Cl. The summed E-state index contributed by atoms with van der Waals surface area (Å²) in [6.45, 7) is 4.31. The number of pyridine rings is 1. The lowest BCUT2D eigenvalue weighted by Gasteiger charge is -2.25. The molecule has 6 heteroatoms. The number of aromatic nitrogens is 1. The fourth-order valence-electron chi connectivity index (χ4n) is 1.26. The van der Waals surface area contributed by atoms with Crippen LogP contribution in [0.15, 0.2) is 11.1 Å². The Morgan fingerprint density at radius 2 is 2.25 bits per heavy atom. The van der Waals surface area contributed by atoms with Crippen molar-refractivity contribution < 1.29 is 4.74 Å². The van der Waals surface area contributed by atoms with Crippen molar-refractivity contribution >= 4 is 40.8 Å². The maximum Gasteiger partial charge on any atom is 0.146 e. The van der Waals surface area contributed by atoms with Gasteiger partial charge >= 0.3 is 0 Å². The highest BCUT2D eigenvalue weighted by molar-refractivity contribution is 8.00. The summed E-state index contributed by atoms with van der Waals surface area (Å²) in [7, 11) is 0. The van der Waals surface area contributed by atoms with Gasteiger partial charge in [0.25, 0.3) is 0 Å². The molecule has 0 radical (unpaired) electrons. The highest BCUT2D eigenvalue weighted by Gasteiger charge is 2.22. The van der Waals surface area contributed by atoms with Crippen LogP contribution < -0.4 is 5.32 Å². The summed E-state index contributed by atoms with van der Waals surface area (Å²) in [5, 5.41) is 5.54. The molecule has 0 atom stereocenters. The number of rotatable bonds is 4. The van der Waals surface area contributed by atoms with E-state index in [0.29, 0.717) is 21.1 Å². The van der Waals surface area contributed by atoms with E-state index in [4.69, 9.17) is 27.9 Å². The number of thioether (sulfide) groups is 1. The largest absolute Gasteiger partial charge is 0.379 e. The Morgan fingerprint density at radius 1 is 1.50 bits per heavy atom. The maximum atomic E-state index is 6.09. The first-order chi connectivity index (χ1) is 7.70. The zero-order chi connectivity index (χ0) is 11.5. The van der Waals surface area contributed by atoms with Gasteiger partial charge < -0.3 is 10.1 Å². The molecular weight excluding hydrogens is 267 g/mol. The highest BCUT2D eigenvalue weighted by atomic mass is 35.5. The quantitative estimate of drug-likeness (QED) is 0.916. The Balaban J connectivity index is 2.18. The fourth-order valence-corrected chi connectivity index (χ4v) is 2.78. The van der Waals surface area contributed by atoms with Crippen LogP contribution in [0.25, 0.3) is 0 Å². The molecule has 1 saturated heterocycles. The normalized spacial score (nSPS) is 15.9. The summed E-state index contributed by atoms with van der Waals surface area (Å²) < 4.78 is 5.12. The van der Waals surface area contributed by atoms with Crippen LogP contribution in [0.1, 0.15) is 6.92 Å². The third-order valence-electron chi connectivity index (χ3n) is 2.13. The first-order valence-electron chi connectivity index (χ1n) is 5.05. The van der Waals surface area contributed by atoms with E-state index in [1.807, 2.05) is 6.92 Å². The molecular formula is C10H12Cl2N2OS. The minimum atomic E-state index is 0.459. The van der Waals surface area contributed by atoms with Crippen LogP contribution in [0.5, 0.6) is 0 Å². The van der Waals surface area contributed by atoms with E-state index in [1.165, 1.54) is 0 Å². The first kappa shape index (κ1) is 12.3. The van der Waals surface area contributed by atoms with Crippen LogP contribution in [0.4, 0.5) is 5.82 Å². The molecule has 1 aliphatic rings. The van der Waals surface area contributed by atoms with Crippen molar-refractivity contribution in [2.24, 2.45) is 0 Å². The smallest absolute Gasteiger partial charge is 0.146 e. The molecule has 1 aromatic rings. The minimum absolute atomic E-state index is 0.459. The van der Waals surface area contributed by atoms with Gasteiger partial charge in [0, 0.05) is 6.54 Å². The third kappa shape index (κ3) is 2.74. The van der Waals surface area contributed by atoms with Gasteiger partial charge in [0.1, 0.15) is 10.8 Å². The summed E-state index contributed by atoms with van der Waals surface area (Å²) in [6.07, 6.45) is 0. The average molecular weight is 279 g/mol. The van der Waals surface area contributed by atoms with E-state index in [1.54, 1.807) is 17.8 Å². The third-order valence-corrected chi connectivity index (χ3v) is 3.96. The fraction of sp³-hybridized carbons (Fsp3) is 0.500. The number of hydrogen-bond acceptors (Lipinski definition) is 4. The molecule has 0 spiro atoms. The number of nitrogens with one attached hydrogen (secondary N) is 1. The standard InChI is InChI=1S/C10H12Cl2N2OS/c1-2-13-9-7(11)3-8(12)10(14-9)16-6-4-15-5-6/h3,6H,2,4-5H2,1H3,(H,13,14). The molecule has 1 aliphatic heterocycles. The van der Waals surface area contributed by atoms with E-state index in [9.17, 15) is 0 Å². The molecule has 3 nitrogen and oxygen atoms in total. The molecule has 2 heterocycles. The lowest BCUT2D eigenvalue weighted by Crippen LogP contribution is -2.30. The second kappa shape index (κ2) is 5.45. The summed E-state index contributed by atoms with van der Waals surface area (Å²) in [4.78, 5) is 4.42. The minimum Gasteiger partial charge on any atom is -0.379 e.